The van der Waals surface area contributed by atoms with Crippen LogP contribution >= 0.6 is 11.6 Å². The fourth-order valence-corrected chi connectivity index (χ4v) is 6.28. The van der Waals surface area contributed by atoms with E-state index in [9.17, 15) is 18.3 Å². The molecule has 2 aliphatic rings. The summed E-state index contributed by atoms with van der Waals surface area (Å²) in [5, 5.41) is 16.8. The Balaban J connectivity index is 1.35. The van der Waals surface area contributed by atoms with Crippen LogP contribution in [0.1, 0.15) is 38.2 Å². The number of rotatable bonds is 8. The molecular formula is C26H34ClN3O4S. The van der Waals surface area contributed by atoms with Crippen LogP contribution in [0.25, 0.3) is 0 Å². The van der Waals surface area contributed by atoms with Crippen LogP contribution < -0.4 is 10.6 Å². The Morgan fingerprint density at radius 3 is 2.40 bits per heavy atom. The Morgan fingerprint density at radius 1 is 1.14 bits per heavy atom. The molecule has 0 radical (unpaired) electrons. The van der Waals surface area contributed by atoms with Crippen LogP contribution in [0.3, 0.4) is 0 Å². The molecule has 2 fully saturated rings. The van der Waals surface area contributed by atoms with Gasteiger partial charge in [-0.15, -0.1) is 0 Å². The van der Waals surface area contributed by atoms with Gasteiger partial charge in [0.25, 0.3) is 0 Å². The first-order chi connectivity index (χ1) is 16.6. The number of anilines is 1. The Bertz CT molecular complexity index is 1130. The Kier molecular flexibility index (Phi) is 8.06. The molecule has 35 heavy (non-hydrogen) atoms. The van der Waals surface area contributed by atoms with Crippen molar-refractivity contribution in [1.29, 1.82) is 0 Å². The minimum Gasteiger partial charge on any atom is -0.391 e. The van der Waals surface area contributed by atoms with Gasteiger partial charge in [-0.3, -0.25) is 4.90 Å². The molecule has 0 aromatic heterocycles. The van der Waals surface area contributed by atoms with E-state index in [4.69, 9.17) is 11.6 Å². The minimum atomic E-state index is -3.37. The van der Waals surface area contributed by atoms with Crippen molar-refractivity contribution in [2.45, 2.75) is 68.2 Å². The predicted octanol–water partition coefficient (Wildman–Crippen LogP) is 4.10. The maximum Gasteiger partial charge on any atom is 0.319 e. The number of piperidine rings is 1. The third kappa shape index (κ3) is 6.76. The summed E-state index contributed by atoms with van der Waals surface area (Å²) < 4.78 is 23.6. The fraction of sp³-hybridized carbons (Fsp3) is 0.500. The van der Waals surface area contributed by atoms with Crippen LogP contribution in [0, 0.1) is 5.92 Å². The summed E-state index contributed by atoms with van der Waals surface area (Å²) in [6, 6.07) is 14.2. The van der Waals surface area contributed by atoms with E-state index in [0.717, 1.165) is 43.4 Å². The molecule has 0 spiro atoms. The van der Waals surface area contributed by atoms with E-state index in [0.29, 0.717) is 30.2 Å². The monoisotopic (exact) mass is 519 g/mol. The van der Waals surface area contributed by atoms with Crippen molar-refractivity contribution in [2.75, 3.05) is 18.1 Å². The zero-order valence-corrected chi connectivity index (χ0v) is 21.7. The molecule has 2 amide bonds. The molecule has 3 N–H and O–H groups in total. The van der Waals surface area contributed by atoms with Gasteiger partial charge in [0.05, 0.1) is 17.0 Å². The maximum absolute atomic E-state index is 12.7. The quantitative estimate of drug-likeness (QED) is 0.487. The van der Waals surface area contributed by atoms with Crippen LogP contribution in [0.2, 0.25) is 5.02 Å². The molecule has 9 heteroatoms. The van der Waals surface area contributed by atoms with Gasteiger partial charge < -0.3 is 15.7 Å². The van der Waals surface area contributed by atoms with E-state index in [1.54, 1.807) is 19.1 Å². The van der Waals surface area contributed by atoms with Gasteiger partial charge in [-0.2, -0.15) is 0 Å². The molecule has 2 unspecified atom stereocenters. The lowest BCUT2D eigenvalue weighted by Gasteiger charge is -2.41. The Morgan fingerprint density at radius 2 is 1.80 bits per heavy atom. The number of aliphatic hydroxyl groups excluding tert-OH is 1. The highest BCUT2D eigenvalue weighted by atomic mass is 35.5. The first kappa shape index (κ1) is 25.9. The molecule has 0 aliphatic carbocycles. The average molecular weight is 520 g/mol. The summed E-state index contributed by atoms with van der Waals surface area (Å²) in [6.45, 7) is 2.27. The van der Waals surface area contributed by atoms with Crippen molar-refractivity contribution in [3.8, 4) is 0 Å². The number of fused-ring (bicyclic) bond motifs is 2. The molecule has 2 saturated heterocycles. The number of urea groups is 1. The van der Waals surface area contributed by atoms with Gasteiger partial charge in [-0.1, -0.05) is 29.8 Å². The van der Waals surface area contributed by atoms with Gasteiger partial charge in [-0.05, 0) is 80.8 Å². The zero-order valence-electron chi connectivity index (χ0n) is 20.2. The molecule has 4 atom stereocenters. The first-order valence-corrected chi connectivity index (χ1v) is 14.4. The molecular weight excluding hydrogens is 486 g/mol. The van der Waals surface area contributed by atoms with Crippen LogP contribution in [0.15, 0.2) is 53.4 Å². The van der Waals surface area contributed by atoms with E-state index in [-0.39, 0.29) is 4.90 Å². The Hall–Kier alpha value is -2.13. The molecule has 4 rings (SSSR count). The lowest BCUT2D eigenvalue weighted by molar-refractivity contribution is 0.0620. The van der Waals surface area contributed by atoms with Crippen molar-refractivity contribution in [1.82, 2.24) is 10.2 Å². The van der Waals surface area contributed by atoms with Gasteiger partial charge in [0.15, 0.2) is 9.84 Å². The van der Waals surface area contributed by atoms with Gasteiger partial charge >= 0.3 is 6.03 Å². The summed E-state index contributed by atoms with van der Waals surface area (Å²) >= 11 is 6.02. The standard InChI is InChI=1S/C26H34ClN3O4S/c1-17(31)25(29-26(32)28-21-4-3-5-24(15-21)35(2,33)34)16-30-22-10-11-23(30)14-19(13-22)12-18-6-8-20(27)9-7-18/h3-9,15,17,19,22-23,25,31H,10-14,16H2,1-2H3,(H2,28,29,32)/t17-,19?,22?,23?,25+/m1/s1. The van der Waals surface area contributed by atoms with Crippen LogP contribution in [0.4, 0.5) is 10.5 Å². The summed E-state index contributed by atoms with van der Waals surface area (Å²) in [5.41, 5.74) is 1.70. The van der Waals surface area contributed by atoms with Gasteiger partial charge in [0.1, 0.15) is 0 Å². The molecule has 2 aromatic carbocycles. The number of halogens is 1. The number of carbonyl (C=O) groups excluding carboxylic acids is 1. The van der Waals surface area contributed by atoms with Gasteiger partial charge in [0, 0.05) is 35.6 Å². The highest BCUT2D eigenvalue weighted by Gasteiger charge is 2.41. The van der Waals surface area contributed by atoms with Crippen molar-refractivity contribution < 1.29 is 18.3 Å². The largest absolute Gasteiger partial charge is 0.391 e. The molecule has 2 heterocycles. The normalized spacial score (nSPS) is 24.1. The molecule has 7 nitrogen and oxygen atoms in total. The highest BCUT2D eigenvalue weighted by molar-refractivity contribution is 7.90. The number of benzene rings is 2. The summed E-state index contributed by atoms with van der Waals surface area (Å²) in [7, 11) is -3.37. The second-order valence-electron chi connectivity index (χ2n) is 10.00. The second kappa shape index (κ2) is 10.9. The van der Waals surface area contributed by atoms with E-state index < -0.39 is 28.0 Å². The van der Waals surface area contributed by atoms with Crippen molar-refractivity contribution in [3.63, 3.8) is 0 Å². The van der Waals surface area contributed by atoms with Crippen LogP contribution in [0.5, 0.6) is 0 Å². The van der Waals surface area contributed by atoms with Crippen molar-refractivity contribution >= 4 is 33.2 Å². The predicted molar refractivity (Wildman–Crippen MR) is 139 cm³/mol. The molecule has 2 aliphatic heterocycles. The second-order valence-corrected chi connectivity index (χ2v) is 12.4. The van der Waals surface area contributed by atoms with E-state index >= 15 is 0 Å². The number of hydrogen-bond donors (Lipinski definition) is 3. The summed E-state index contributed by atoms with van der Waals surface area (Å²) in [5.74, 6) is 0.619. The lowest BCUT2D eigenvalue weighted by Crippen LogP contribution is -2.54. The smallest absolute Gasteiger partial charge is 0.319 e. The minimum absolute atomic E-state index is 0.139. The van der Waals surface area contributed by atoms with Gasteiger partial charge in [-0.25, -0.2) is 13.2 Å². The van der Waals surface area contributed by atoms with E-state index in [1.165, 1.54) is 17.7 Å². The van der Waals surface area contributed by atoms with Gasteiger partial charge in [0.2, 0.25) is 0 Å². The molecule has 2 bridgehead atoms. The van der Waals surface area contributed by atoms with E-state index in [1.807, 2.05) is 12.1 Å². The van der Waals surface area contributed by atoms with E-state index in [2.05, 4.69) is 27.7 Å². The third-order valence-corrected chi connectivity index (χ3v) is 8.61. The summed E-state index contributed by atoms with van der Waals surface area (Å²) in [6.07, 6.45) is 5.94. The van der Waals surface area contributed by atoms with Crippen LogP contribution in [-0.4, -0.2) is 61.5 Å². The SMILES string of the molecule is C[C@@H](O)[C@H](CN1C2CCC1CC(Cc1ccc(Cl)cc1)C2)NC(=O)Nc1cccc(S(C)(=O)=O)c1. The third-order valence-electron chi connectivity index (χ3n) is 7.25. The van der Waals surface area contributed by atoms with Crippen molar-refractivity contribution in [2.24, 2.45) is 5.92 Å². The van der Waals surface area contributed by atoms with Crippen molar-refractivity contribution in [3.05, 3.63) is 59.1 Å². The number of aliphatic hydroxyl groups is 1. The highest BCUT2D eigenvalue weighted by Crippen LogP contribution is 2.40. The van der Waals surface area contributed by atoms with Crippen LogP contribution in [-0.2, 0) is 16.3 Å². The maximum atomic E-state index is 12.7. The first-order valence-electron chi connectivity index (χ1n) is 12.1. The molecule has 190 valence electrons. The number of hydrogen-bond acceptors (Lipinski definition) is 5. The summed E-state index contributed by atoms with van der Waals surface area (Å²) in [4.78, 5) is 15.3. The molecule has 2 aromatic rings. The molecule has 0 saturated carbocycles. The fourth-order valence-electron chi connectivity index (χ4n) is 5.49. The number of nitrogens with zero attached hydrogens (tertiary/aromatic N) is 1. The zero-order chi connectivity index (χ0) is 25.2. The average Bonchev–Trinajstić information content (AvgIpc) is 3.02. The number of carbonyl (C=O) groups is 1. The topological polar surface area (TPSA) is 98.7 Å². The lowest BCUT2D eigenvalue weighted by atomic mass is 9.85. The number of sulfone groups is 1. The Labute approximate surface area is 212 Å². The number of nitrogens with one attached hydrogen (secondary N) is 2. The number of amides is 2.